The maximum absolute atomic E-state index is 11.7. The van der Waals surface area contributed by atoms with Crippen molar-refractivity contribution in [2.75, 3.05) is 24.8 Å². The van der Waals surface area contributed by atoms with Gasteiger partial charge in [-0.15, -0.1) is 11.6 Å². The Morgan fingerprint density at radius 2 is 2.00 bits per heavy atom. The Morgan fingerprint density at radius 1 is 1.38 bits per heavy atom. The lowest BCUT2D eigenvalue weighted by Gasteiger charge is -2.21. The highest BCUT2D eigenvalue weighted by atomic mass is 35.5. The standard InChI is InChI=1S/C10H22ClNO3S/c1-4-15-7-8-16(13,14)12-10(5-6-11)9(2)3/h9-10,12H,4-8H2,1-3H3. The van der Waals surface area contributed by atoms with Crippen molar-refractivity contribution in [2.45, 2.75) is 33.2 Å². The summed E-state index contributed by atoms with van der Waals surface area (Å²) in [4.78, 5) is 0. The first-order valence-electron chi connectivity index (χ1n) is 5.56. The van der Waals surface area contributed by atoms with Gasteiger partial charge in [0.25, 0.3) is 0 Å². The van der Waals surface area contributed by atoms with Gasteiger partial charge < -0.3 is 4.74 Å². The number of halogens is 1. The van der Waals surface area contributed by atoms with Crippen LogP contribution in [0.25, 0.3) is 0 Å². The molecular weight excluding hydrogens is 250 g/mol. The largest absolute Gasteiger partial charge is 0.381 e. The third-order valence-corrected chi connectivity index (χ3v) is 3.84. The average molecular weight is 272 g/mol. The number of hydrogen-bond donors (Lipinski definition) is 1. The summed E-state index contributed by atoms with van der Waals surface area (Å²) in [5.74, 6) is 0.698. The zero-order valence-corrected chi connectivity index (χ0v) is 11.8. The summed E-state index contributed by atoms with van der Waals surface area (Å²) in [6, 6.07) is -0.0934. The summed E-state index contributed by atoms with van der Waals surface area (Å²) in [5.41, 5.74) is 0. The highest BCUT2D eigenvalue weighted by molar-refractivity contribution is 7.89. The lowest BCUT2D eigenvalue weighted by Crippen LogP contribution is -2.40. The Labute approximate surface area is 104 Å². The van der Waals surface area contributed by atoms with E-state index in [1.807, 2.05) is 20.8 Å². The molecule has 0 aliphatic carbocycles. The van der Waals surface area contributed by atoms with Crippen LogP contribution in [0, 0.1) is 5.92 Å². The number of ether oxygens (including phenoxy) is 1. The van der Waals surface area contributed by atoms with Crippen LogP contribution in [0.3, 0.4) is 0 Å². The van der Waals surface area contributed by atoms with Crippen LogP contribution in [-0.2, 0) is 14.8 Å². The van der Waals surface area contributed by atoms with Gasteiger partial charge in [-0.3, -0.25) is 0 Å². The van der Waals surface area contributed by atoms with Crippen molar-refractivity contribution in [3.8, 4) is 0 Å². The van der Waals surface area contributed by atoms with Crippen LogP contribution in [0.15, 0.2) is 0 Å². The summed E-state index contributed by atoms with van der Waals surface area (Å²) in [5, 5.41) is 0. The number of nitrogens with one attached hydrogen (secondary N) is 1. The number of rotatable bonds is 9. The molecule has 0 aromatic rings. The zero-order valence-electron chi connectivity index (χ0n) is 10.2. The van der Waals surface area contributed by atoms with Crippen LogP contribution in [0.2, 0.25) is 0 Å². The predicted molar refractivity (Wildman–Crippen MR) is 67.4 cm³/mol. The number of hydrogen-bond acceptors (Lipinski definition) is 3. The first-order valence-corrected chi connectivity index (χ1v) is 7.75. The van der Waals surface area contributed by atoms with Crippen molar-refractivity contribution < 1.29 is 13.2 Å². The van der Waals surface area contributed by atoms with Crippen molar-refractivity contribution in [1.29, 1.82) is 0 Å². The van der Waals surface area contributed by atoms with Crippen LogP contribution in [-0.4, -0.2) is 39.3 Å². The zero-order chi connectivity index (χ0) is 12.6. The molecule has 6 heteroatoms. The normalized spacial score (nSPS) is 14.3. The minimum Gasteiger partial charge on any atom is -0.381 e. The highest BCUT2D eigenvalue weighted by Crippen LogP contribution is 2.08. The van der Waals surface area contributed by atoms with Crippen LogP contribution in [0.4, 0.5) is 0 Å². The second-order valence-electron chi connectivity index (χ2n) is 3.96. The van der Waals surface area contributed by atoms with Crippen molar-refractivity contribution in [3.63, 3.8) is 0 Å². The smallest absolute Gasteiger partial charge is 0.214 e. The van der Waals surface area contributed by atoms with Gasteiger partial charge in [0.1, 0.15) is 0 Å². The molecule has 0 saturated heterocycles. The van der Waals surface area contributed by atoms with Crippen molar-refractivity contribution in [1.82, 2.24) is 4.72 Å². The van der Waals surface area contributed by atoms with Gasteiger partial charge in [0.05, 0.1) is 12.4 Å². The minimum absolute atomic E-state index is 0.00630. The molecule has 0 radical (unpaired) electrons. The van der Waals surface area contributed by atoms with E-state index in [1.165, 1.54) is 0 Å². The Hall–Kier alpha value is 0.160. The van der Waals surface area contributed by atoms with Crippen LogP contribution in [0.1, 0.15) is 27.2 Å². The van der Waals surface area contributed by atoms with E-state index >= 15 is 0 Å². The van der Waals surface area contributed by atoms with Crippen molar-refractivity contribution in [3.05, 3.63) is 0 Å². The molecule has 1 unspecified atom stereocenters. The fraction of sp³-hybridized carbons (Fsp3) is 1.00. The molecule has 0 fully saturated rings. The van der Waals surface area contributed by atoms with Gasteiger partial charge >= 0.3 is 0 Å². The average Bonchev–Trinajstić information content (AvgIpc) is 2.17. The molecule has 0 aliphatic heterocycles. The first kappa shape index (κ1) is 16.2. The van der Waals surface area contributed by atoms with Gasteiger partial charge in [-0.1, -0.05) is 13.8 Å². The molecule has 0 aliphatic rings. The highest BCUT2D eigenvalue weighted by Gasteiger charge is 2.19. The molecule has 1 N–H and O–H groups in total. The molecule has 98 valence electrons. The van der Waals surface area contributed by atoms with Crippen LogP contribution >= 0.6 is 11.6 Å². The van der Waals surface area contributed by atoms with E-state index in [0.717, 1.165) is 0 Å². The molecule has 16 heavy (non-hydrogen) atoms. The lowest BCUT2D eigenvalue weighted by molar-refractivity contribution is 0.163. The van der Waals surface area contributed by atoms with E-state index in [2.05, 4.69) is 4.72 Å². The summed E-state index contributed by atoms with van der Waals surface area (Å²) in [7, 11) is -3.25. The fourth-order valence-corrected chi connectivity index (χ4v) is 2.79. The SMILES string of the molecule is CCOCCS(=O)(=O)NC(CCCl)C(C)C. The lowest BCUT2D eigenvalue weighted by atomic mass is 10.0. The van der Waals surface area contributed by atoms with Gasteiger partial charge in [-0.25, -0.2) is 13.1 Å². The van der Waals surface area contributed by atoms with Crippen LogP contribution in [0.5, 0.6) is 0 Å². The fourth-order valence-electron chi connectivity index (χ4n) is 1.25. The molecule has 0 bridgehead atoms. The second-order valence-corrected chi connectivity index (χ2v) is 6.21. The Morgan fingerprint density at radius 3 is 2.44 bits per heavy atom. The Bertz CT molecular complexity index is 267. The van der Waals surface area contributed by atoms with Gasteiger partial charge in [0, 0.05) is 18.5 Å². The summed E-state index contributed by atoms with van der Waals surface area (Å²) < 4.78 is 31.0. The summed E-state index contributed by atoms with van der Waals surface area (Å²) >= 11 is 5.64. The Balaban J connectivity index is 4.19. The molecule has 0 rings (SSSR count). The molecule has 4 nitrogen and oxygen atoms in total. The van der Waals surface area contributed by atoms with E-state index in [1.54, 1.807) is 0 Å². The van der Waals surface area contributed by atoms with E-state index in [-0.39, 0.29) is 24.3 Å². The minimum atomic E-state index is -3.25. The molecular formula is C10H22ClNO3S. The van der Waals surface area contributed by atoms with E-state index in [9.17, 15) is 8.42 Å². The molecule has 1 atom stereocenters. The van der Waals surface area contributed by atoms with Crippen molar-refractivity contribution >= 4 is 21.6 Å². The number of alkyl halides is 1. The molecule has 0 heterocycles. The van der Waals surface area contributed by atoms with Gasteiger partial charge in [0.15, 0.2) is 0 Å². The molecule has 0 spiro atoms. The Kier molecular flexibility index (Phi) is 8.36. The monoisotopic (exact) mass is 271 g/mol. The quantitative estimate of drug-likeness (QED) is 0.512. The van der Waals surface area contributed by atoms with Gasteiger partial charge in [-0.2, -0.15) is 0 Å². The van der Waals surface area contributed by atoms with Crippen LogP contribution < -0.4 is 4.72 Å². The maximum atomic E-state index is 11.7. The molecule has 0 aromatic carbocycles. The van der Waals surface area contributed by atoms with E-state index < -0.39 is 10.0 Å². The number of sulfonamides is 1. The molecule has 0 aromatic heterocycles. The maximum Gasteiger partial charge on any atom is 0.214 e. The molecule has 0 saturated carbocycles. The van der Waals surface area contributed by atoms with Gasteiger partial charge in [-0.05, 0) is 19.3 Å². The summed E-state index contributed by atoms with van der Waals surface area (Å²) in [6.07, 6.45) is 0.646. The van der Waals surface area contributed by atoms with Crippen molar-refractivity contribution in [2.24, 2.45) is 5.92 Å². The van der Waals surface area contributed by atoms with Gasteiger partial charge in [0.2, 0.25) is 10.0 Å². The topological polar surface area (TPSA) is 55.4 Å². The third-order valence-electron chi connectivity index (χ3n) is 2.26. The van der Waals surface area contributed by atoms with E-state index in [0.29, 0.717) is 18.9 Å². The molecule has 0 amide bonds. The first-order chi connectivity index (χ1) is 7.43. The third kappa shape index (κ3) is 7.44. The van der Waals surface area contributed by atoms with E-state index in [4.69, 9.17) is 16.3 Å². The predicted octanol–water partition coefficient (Wildman–Crippen LogP) is 1.60. The second kappa shape index (κ2) is 8.28. The summed E-state index contributed by atoms with van der Waals surface area (Å²) in [6.45, 7) is 6.55.